The number of aryl methyl sites for hydroxylation is 1. The van der Waals surface area contributed by atoms with Crippen LogP contribution < -0.4 is 0 Å². The predicted molar refractivity (Wildman–Crippen MR) is 73.2 cm³/mol. The van der Waals surface area contributed by atoms with E-state index in [1.165, 1.54) is 27.8 Å². The Morgan fingerprint density at radius 3 is 1.88 bits per heavy atom. The molecule has 0 amide bonds. The van der Waals surface area contributed by atoms with Gasteiger partial charge in [0, 0.05) is 0 Å². The predicted octanol–water partition coefficient (Wildman–Crippen LogP) is 4.77. The molecule has 0 bridgehead atoms. The van der Waals surface area contributed by atoms with E-state index in [0.29, 0.717) is 0 Å². The van der Waals surface area contributed by atoms with Gasteiger partial charge in [0.25, 0.3) is 0 Å². The Balaban J connectivity index is 2.28. The highest BCUT2D eigenvalue weighted by atomic mass is 14.2. The Bertz CT molecular complexity index is 608. The molecule has 17 heavy (non-hydrogen) atoms. The van der Waals surface area contributed by atoms with E-state index < -0.39 is 0 Å². The van der Waals surface area contributed by atoms with E-state index in [-0.39, 0.29) is 0 Å². The zero-order chi connectivity index (χ0) is 11.7. The smallest absolute Gasteiger partial charge is 0.0102 e. The molecular weight excluding hydrogens is 204 g/mol. The second kappa shape index (κ2) is 4.06. The van der Waals surface area contributed by atoms with E-state index in [2.05, 4.69) is 73.7 Å². The quantitative estimate of drug-likeness (QED) is 0.552. The van der Waals surface area contributed by atoms with Gasteiger partial charge in [0.1, 0.15) is 0 Å². The second-order valence-corrected chi connectivity index (χ2v) is 4.35. The molecule has 2 aliphatic carbocycles. The van der Waals surface area contributed by atoms with Crippen molar-refractivity contribution < 1.29 is 0 Å². The fourth-order valence-electron chi connectivity index (χ4n) is 2.35. The molecule has 0 saturated carbocycles. The molecule has 0 nitrogen and oxygen atoms in total. The molecule has 0 aliphatic heterocycles. The van der Waals surface area contributed by atoms with Gasteiger partial charge < -0.3 is 0 Å². The Kier molecular flexibility index (Phi) is 2.41. The first-order valence-electron chi connectivity index (χ1n) is 5.90. The van der Waals surface area contributed by atoms with Gasteiger partial charge in [-0.25, -0.2) is 0 Å². The van der Waals surface area contributed by atoms with Gasteiger partial charge in [-0.1, -0.05) is 66.7 Å². The summed E-state index contributed by atoms with van der Waals surface area (Å²) in [5.74, 6) is 0. The normalized spacial score (nSPS) is 10.6. The minimum absolute atomic E-state index is 1.29. The first-order chi connectivity index (χ1) is 8.36. The molecule has 0 saturated heterocycles. The van der Waals surface area contributed by atoms with Gasteiger partial charge in [-0.15, -0.1) is 0 Å². The lowest BCUT2D eigenvalue weighted by Gasteiger charge is -2.01. The van der Waals surface area contributed by atoms with E-state index in [0.717, 1.165) is 0 Å². The molecule has 0 fully saturated rings. The minimum atomic E-state index is 1.29. The third kappa shape index (κ3) is 1.72. The van der Waals surface area contributed by atoms with Crippen molar-refractivity contribution in [3.8, 4) is 22.3 Å². The average molecular weight is 218 g/mol. The van der Waals surface area contributed by atoms with Crippen LogP contribution in [0, 0.1) is 6.92 Å². The Labute approximate surface area is 102 Å². The summed E-state index contributed by atoms with van der Waals surface area (Å²) in [7, 11) is 0. The first-order valence-corrected chi connectivity index (χ1v) is 5.90. The van der Waals surface area contributed by atoms with Crippen LogP contribution in [0.4, 0.5) is 0 Å². The van der Waals surface area contributed by atoms with Crippen LogP contribution in [0.5, 0.6) is 0 Å². The summed E-state index contributed by atoms with van der Waals surface area (Å²) in [6, 6.07) is 23.5. The molecular formula is C17H14. The molecule has 0 heteroatoms. The molecule has 0 aromatic heterocycles. The molecule has 1 aromatic rings. The maximum Gasteiger partial charge on any atom is -0.0102 e. The molecule has 0 N–H and O–H groups in total. The molecule has 0 atom stereocenters. The van der Waals surface area contributed by atoms with Crippen molar-refractivity contribution in [3.05, 3.63) is 72.3 Å². The molecule has 0 spiro atoms. The van der Waals surface area contributed by atoms with Gasteiger partial charge in [0.15, 0.2) is 0 Å². The lowest BCUT2D eigenvalue weighted by Crippen LogP contribution is -1.75. The van der Waals surface area contributed by atoms with Crippen molar-refractivity contribution in [2.45, 2.75) is 6.92 Å². The highest BCUT2D eigenvalue weighted by Gasteiger charge is 2.12. The Morgan fingerprint density at radius 1 is 0.588 bits per heavy atom. The highest BCUT2D eigenvalue weighted by molar-refractivity contribution is 5.88. The largest absolute Gasteiger partial charge is 0.0622 e. The summed E-state index contributed by atoms with van der Waals surface area (Å²) in [6.07, 6.45) is 0. The summed E-state index contributed by atoms with van der Waals surface area (Å²) in [6.45, 7) is 2.18. The van der Waals surface area contributed by atoms with Crippen molar-refractivity contribution in [3.63, 3.8) is 0 Å². The van der Waals surface area contributed by atoms with Crippen LogP contribution >= 0.6 is 0 Å². The molecule has 0 heterocycles. The minimum Gasteiger partial charge on any atom is -0.0622 e. The van der Waals surface area contributed by atoms with Crippen LogP contribution in [-0.4, -0.2) is 0 Å². The van der Waals surface area contributed by atoms with E-state index in [1.54, 1.807) is 0 Å². The van der Waals surface area contributed by atoms with Crippen LogP contribution in [0.3, 0.4) is 0 Å². The summed E-state index contributed by atoms with van der Waals surface area (Å²) < 4.78 is 0. The fraction of sp³-hybridized carbons (Fsp3) is 0.0588. The van der Waals surface area contributed by atoms with Crippen LogP contribution in [0.1, 0.15) is 5.56 Å². The SMILES string of the molecule is Cc1cc(-c2ccccc2)c2cccccc1-2. The van der Waals surface area contributed by atoms with E-state index >= 15 is 0 Å². The standard InChI is InChI=1S/C17H14/c1-13-12-17(14-8-4-2-5-9-14)16-11-7-3-6-10-15(13)16/h2-12H,1H3. The summed E-state index contributed by atoms with van der Waals surface area (Å²) in [4.78, 5) is 0. The lowest BCUT2D eigenvalue weighted by molar-refractivity contribution is 1.54. The molecule has 0 unspecified atom stereocenters. The third-order valence-electron chi connectivity index (χ3n) is 3.20. The van der Waals surface area contributed by atoms with Crippen LogP contribution in [0.2, 0.25) is 0 Å². The maximum absolute atomic E-state index is 2.28. The summed E-state index contributed by atoms with van der Waals surface area (Å²) in [5.41, 5.74) is 6.63. The number of fused-ring (bicyclic) bond motifs is 1. The van der Waals surface area contributed by atoms with Gasteiger partial charge in [0.05, 0.1) is 0 Å². The van der Waals surface area contributed by atoms with Gasteiger partial charge in [-0.3, -0.25) is 0 Å². The molecule has 2 aliphatic rings. The van der Waals surface area contributed by atoms with E-state index in [9.17, 15) is 0 Å². The number of hydrogen-bond donors (Lipinski definition) is 0. The van der Waals surface area contributed by atoms with Crippen molar-refractivity contribution in [1.82, 2.24) is 0 Å². The van der Waals surface area contributed by atoms with Gasteiger partial charge >= 0.3 is 0 Å². The molecule has 3 rings (SSSR count). The van der Waals surface area contributed by atoms with Crippen molar-refractivity contribution in [2.24, 2.45) is 0 Å². The zero-order valence-electron chi connectivity index (χ0n) is 9.85. The number of hydrogen-bond acceptors (Lipinski definition) is 0. The topological polar surface area (TPSA) is 0 Å². The Hall–Kier alpha value is -2.08. The van der Waals surface area contributed by atoms with Gasteiger partial charge in [0.2, 0.25) is 0 Å². The molecule has 0 radical (unpaired) electrons. The summed E-state index contributed by atoms with van der Waals surface area (Å²) in [5, 5.41) is 0. The van der Waals surface area contributed by atoms with Crippen molar-refractivity contribution >= 4 is 0 Å². The van der Waals surface area contributed by atoms with E-state index in [4.69, 9.17) is 0 Å². The molecule has 82 valence electrons. The average Bonchev–Trinajstić information content (AvgIpc) is 2.57. The van der Waals surface area contributed by atoms with Gasteiger partial charge in [-0.2, -0.15) is 0 Å². The number of benzene rings is 1. The third-order valence-corrected chi connectivity index (χ3v) is 3.20. The van der Waals surface area contributed by atoms with Crippen molar-refractivity contribution in [2.75, 3.05) is 0 Å². The van der Waals surface area contributed by atoms with Gasteiger partial charge in [-0.05, 0) is 34.7 Å². The van der Waals surface area contributed by atoms with Crippen molar-refractivity contribution in [1.29, 1.82) is 0 Å². The monoisotopic (exact) mass is 218 g/mol. The second-order valence-electron chi connectivity index (χ2n) is 4.35. The summed E-state index contributed by atoms with van der Waals surface area (Å²) >= 11 is 0. The Morgan fingerprint density at radius 2 is 1.18 bits per heavy atom. The fourth-order valence-corrected chi connectivity index (χ4v) is 2.35. The van der Waals surface area contributed by atoms with Crippen LogP contribution in [0.15, 0.2) is 66.7 Å². The molecule has 1 aromatic carbocycles. The first kappa shape index (κ1) is 10.1. The lowest BCUT2D eigenvalue weighted by atomic mass is 10.0. The maximum atomic E-state index is 2.28. The van der Waals surface area contributed by atoms with E-state index in [1.807, 2.05) is 0 Å². The number of rotatable bonds is 1. The van der Waals surface area contributed by atoms with Crippen LogP contribution in [-0.2, 0) is 0 Å². The van der Waals surface area contributed by atoms with Crippen LogP contribution in [0.25, 0.3) is 22.3 Å². The zero-order valence-corrected chi connectivity index (χ0v) is 9.85. The highest BCUT2D eigenvalue weighted by Crippen LogP contribution is 2.37.